The van der Waals surface area contributed by atoms with Gasteiger partial charge in [-0.25, -0.2) is 4.94 Å². The second-order valence-electron chi connectivity index (χ2n) is 2.63. The van der Waals surface area contributed by atoms with Crippen molar-refractivity contribution in [3.05, 3.63) is 0 Å². The largest absolute Gasteiger partial charge is 0.217 e. The normalized spacial score (nSPS) is 13.5. The standard InChI is InChI=1S/C7H18N2O/c1-3-4-5-6-7(2)9-10-8/h7,9H,3-6,8H2,1-2H3. The molecule has 0 radical (unpaired) electrons. The van der Waals surface area contributed by atoms with Crippen LogP contribution in [-0.2, 0) is 4.94 Å². The zero-order valence-corrected chi connectivity index (χ0v) is 6.89. The zero-order valence-electron chi connectivity index (χ0n) is 6.89. The highest BCUT2D eigenvalue weighted by Gasteiger charge is 1.98. The third-order valence-corrected chi connectivity index (χ3v) is 1.51. The minimum Gasteiger partial charge on any atom is -0.217 e. The van der Waals surface area contributed by atoms with Gasteiger partial charge in [0.1, 0.15) is 0 Å². The van der Waals surface area contributed by atoms with Gasteiger partial charge in [-0.05, 0) is 13.3 Å². The molecule has 0 aromatic carbocycles. The van der Waals surface area contributed by atoms with Gasteiger partial charge in [0.15, 0.2) is 0 Å². The Kier molecular flexibility index (Phi) is 6.91. The van der Waals surface area contributed by atoms with E-state index in [2.05, 4.69) is 24.3 Å². The quantitative estimate of drug-likeness (QED) is 0.439. The lowest BCUT2D eigenvalue weighted by Crippen LogP contribution is -2.28. The fourth-order valence-corrected chi connectivity index (χ4v) is 0.876. The first-order chi connectivity index (χ1) is 4.81. The van der Waals surface area contributed by atoms with Gasteiger partial charge >= 0.3 is 0 Å². The maximum atomic E-state index is 4.82. The first-order valence-corrected chi connectivity index (χ1v) is 3.92. The summed E-state index contributed by atoms with van der Waals surface area (Å²) in [6.45, 7) is 4.25. The van der Waals surface area contributed by atoms with E-state index < -0.39 is 0 Å². The summed E-state index contributed by atoms with van der Waals surface area (Å²) in [4.78, 5) is 4.28. The van der Waals surface area contributed by atoms with E-state index in [-0.39, 0.29) is 0 Å². The second-order valence-corrected chi connectivity index (χ2v) is 2.63. The number of unbranched alkanes of at least 4 members (excludes halogenated alkanes) is 2. The van der Waals surface area contributed by atoms with Gasteiger partial charge in [0, 0.05) is 6.04 Å². The van der Waals surface area contributed by atoms with Crippen molar-refractivity contribution in [1.29, 1.82) is 0 Å². The molecule has 0 rings (SSSR count). The first-order valence-electron chi connectivity index (χ1n) is 3.92. The molecule has 0 bridgehead atoms. The lowest BCUT2D eigenvalue weighted by Gasteiger charge is -2.09. The maximum Gasteiger partial charge on any atom is 0.0312 e. The molecular weight excluding hydrogens is 128 g/mol. The molecule has 0 aliphatic heterocycles. The molecule has 0 aromatic rings. The monoisotopic (exact) mass is 146 g/mol. The van der Waals surface area contributed by atoms with Gasteiger partial charge in [-0.1, -0.05) is 26.2 Å². The van der Waals surface area contributed by atoms with Crippen LogP contribution in [0.15, 0.2) is 0 Å². The van der Waals surface area contributed by atoms with E-state index in [0.717, 1.165) is 6.42 Å². The second kappa shape index (κ2) is 6.99. The Morgan fingerprint density at radius 2 is 2.20 bits per heavy atom. The smallest absolute Gasteiger partial charge is 0.0312 e. The summed E-state index contributed by atoms with van der Waals surface area (Å²) in [6, 6.07) is 0.372. The molecular formula is C7H18N2O. The molecule has 0 fully saturated rings. The Hall–Kier alpha value is -0.120. The van der Waals surface area contributed by atoms with E-state index in [0.29, 0.717) is 6.04 Å². The molecule has 0 aliphatic carbocycles. The van der Waals surface area contributed by atoms with Crippen LogP contribution in [0.4, 0.5) is 0 Å². The van der Waals surface area contributed by atoms with Crippen LogP contribution in [0.3, 0.4) is 0 Å². The Bertz CT molecular complexity index is 68.6. The highest BCUT2D eigenvalue weighted by atomic mass is 16.8. The predicted molar refractivity (Wildman–Crippen MR) is 42.0 cm³/mol. The van der Waals surface area contributed by atoms with Crippen LogP contribution in [-0.4, -0.2) is 6.04 Å². The average Bonchev–Trinajstić information content (AvgIpc) is 1.89. The summed E-state index contributed by atoms with van der Waals surface area (Å²) in [5.74, 6) is 4.82. The van der Waals surface area contributed by atoms with Gasteiger partial charge in [0.25, 0.3) is 0 Å². The predicted octanol–water partition coefficient (Wildman–Crippen LogP) is 1.35. The van der Waals surface area contributed by atoms with Gasteiger partial charge in [-0.3, -0.25) is 0 Å². The van der Waals surface area contributed by atoms with E-state index in [1.807, 2.05) is 0 Å². The number of hydroxylamine groups is 1. The lowest BCUT2D eigenvalue weighted by atomic mass is 10.1. The zero-order chi connectivity index (χ0) is 7.82. The van der Waals surface area contributed by atoms with Crippen molar-refractivity contribution >= 4 is 0 Å². The molecule has 3 N–H and O–H groups in total. The van der Waals surface area contributed by atoms with Crippen molar-refractivity contribution in [2.45, 2.75) is 45.6 Å². The molecule has 10 heavy (non-hydrogen) atoms. The van der Waals surface area contributed by atoms with Gasteiger partial charge < -0.3 is 0 Å². The minimum absolute atomic E-state index is 0.372. The third-order valence-electron chi connectivity index (χ3n) is 1.51. The summed E-state index contributed by atoms with van der Waals surface area (Å²) < 4.78 is 0. The van der Waals surface area contributed by atoms with Crippen molar-refractivity contribution < 1.29 is 4.94 Å². The summed E-state index contributed by atoms with van der Waals surface area (Å²) in [5, 5.41) is 0. The summed E-state index contributed by atoms with van der Waals surface area (Å²) in [6.07, 6.45) is 4.92. The Morgan fingerprint density at radius 3 is 2.70 bits per heavy atom. The van der Waals surface area contributed by atoms with Gasteiger partial charge in [-0.2, -0.15) is 11.4 Å². The number of hydrogen-bond donors (Lipinski definition) is 2. The number of nitrogens with one attached hydrogen (secondary N) is 1. The number of rotatable bonds is 6. The average molecular weight is 146 g/mol. The number of nitrogens with two attached hydrogens (primary N) is 1. The molecule has 0 saturated carbocycles. The lowest BCUT2D eigenvalue weighted by molar-refractivity contribution is 0.0168. The molecule has 0 heterocycles. The van der Waals surface area contributed by atoms with Crippen LogP contribution in [0.5, 0.6) is 0 Å². The van der Waals surface area contributed by atoms with E-state index in [4.69, 9.17) is 5.90 Å². The Labute approximate surface area is 62.8 Å². The Balaban J connectivity index is 2.97. The fraction of sp³-hybridized carbons (Fsp3) is 1.00. The summed E-state index contributed by atoms with van der Waals surface area (Å²) in [7, 11) is 0. The molecule has 62 valence electrons. The van der Waals surface area contributed by atoms with E-state index in [9.17, 15) is 0 Å². The molecule has 0 aromatic heterocycles. The van der Waals surface area contributed by atoms with Crippen LogP contribution in [0, 0.1) is 0 Å². The molecule has 3 nitrogen and oxygen atoms in total. The SMILES string of the molecule is CCCCCC(C)NON. The van der Waals surface area contributed by atoms with Gasteiger partial charge in [0.2, 0.25) is 0 Å². The van der Waals surface area contributed by atoms with E-state index in [1.165, 1.54) is 19.3 Å². The van der Waals surface area contributed by atoms with Crippen molar-refractivity contribution in [3.8, 4) is 0 Å². The highest BCUT2D eigenvalue weighted by Crippen LogP contribution is 2.01. The summed E-state index contributed by atoms with van der Waals surface area (Å²) in [5.41, 5.74) is 2.68. The summed E-state index contributed by atoms with van der Waals surface area (Å²) >= 11 is 0. The highest BCUT2D eigenvalue weighted by molar-refractivity contribution is 4.53. The Morgan fingerprint density at radius 1 is 1.50 bits per heavy atom. The van der Waals surface area contributed by atoms with Crippen LogP contribution in [0.25, 0.3) is 0 Å². The van der Waals surface area contributed by atoms with Crippen LogP contribution >= 0.6 is 0 Å². The van der Waals surface area contributed by atoms with Gasteiger partial charge in [-0.15, -0.1) is 0 Å². The number of hydrogen-bond acceptors (Lipinski definition) is 3. The van der Waals surface area contributed by atoms with Crippen molar-refractivity contribution in [1.82, 2.24) is 5.48 Å². The van der Waals surface area contributed by atoms with Crippen molar-refractivity contribution in [2.75, 3.05) is 0 Å². The van der Waals surface area contributed by atoms with Gasteiger partial charge in [0.05, 0.1) is 0 Å². The molecule has 0 spiro atoms. The molecule has 0 aliphatic rings. The van der Waals surface area contributed by atoms with E-state index in [1.54, 1.807) is 0 Å². The maximum absolute atomic E-state index is 4.82. The molecule has 0 amide bonds. The molecule has 0 saturated heterocycles. The molecule has 1 atom stereocenters. The molecule has 1 unspecified atom stereocenters. The van der Waals surface area contributed by atoms with Crippen LogP contribution in [0.2, 0.25) is 0 Å². The minimum atomic E-state index is 0.372. The fourth-order valence-electron chi connectivity index (χ4n) is 0.876. The van der Waals surface area contributed by atoms with Crippen LogP contribution in [0.1, 0.15) is 39.5 Å². The van der Waals surface area contributed by atoms with Crippen molar-refractivity contribution in [3.63, 3.8) is 0 Å². The van der Waals surface area contributed by atoms with Crippen LogP contribution < -0.4 is 11.4 Å². The first kappa shape index (κ1) is 9.88. The van der Waals surface area contributed by atoms with E-state index >= 15 is 0 Å². The topological polar surface area (TPSA) is 47.3 Å². The van der Waals surface area contributed by atoms with Crippen molar-refractivity contribution in [2.24, 2.45) is 5.90 Å². The molecule has 3 heteroatoms. The third kappa shape index (κ3) is 6.01.